The molecule has 116 valence electrons. The Bertz CT molecular complexity index is 990. The normalized spacial score (nSPS) is 15.7. The second kappa shape index (κ2) is 5.47. The number of hydrogen-bond acceptors (Lipinski definition) is 3. The zero-order valence-corrected chi connectivity index (χ0v) is 13.6. The first-order valence-corrected chi connectivity index (χ1v) is 7.85. The fourth-order valence-electron chi connectivity index (χ4n) is 3.10. The van der Waals surface area contributed by atoms with Crippen molar-refractivity contribution in [3.63, 3.8) is 0 Å². The van der Waals surface area contributed by atoms with Gasteiger partial charge in [-0.25, -0.2) is 0 Å². The van der Waals surface area contributed by atoms with Gasteiger partial charge >= 0.3 is 0 Å². The molecule has 0 spiro atoms. The summed E-state index contributed by atoms with van der Waals surface area (Å²) < 4.78 is 2.07. The molecule has 1 atom stereocenters. The third-order valence-corrected chi connectivity index (χ3v) is 4.25. The average Bonchev–Trinajstić information content (AvgIpc) is 2.95. The highest BCUT2D eigenvalue weighted by Crippen LogP contribution is 2.30. The van der Waals surface area contributed by atoms with E-state index in [0.717, 1.165) is 39.7 Å². The van der Waals surface area contributed by atoms with Gasteiger partial charge in [-0.15, -0.1) is 16.6 Å². The summed E-state index contributed by atoms with van der Waals surface area (Å²) in [7, 11) is 0. The molecule has 4 heteroatoms. The lowest BCUT2D eigenvalue weighted by Gasteiger charge is -2.13. The van der Waals surface area contributed by atoms with E-state index in [-0.39, 0.29) is 6.04 Å². The van der Waals surface area contributed by atoms with E-state index in [0.29, 0.717) is 0 Å². The maximum atomic E-state index is 5.62. The predicted molar refractivity (Wildman–Crippen MR) is 94.5 cm³/mol. The van der Waals surface area contributed by atoms with Crippen molar-refractivity contribution in [3.8, 4) is 18.0 Å². The van der Waals surface area contributed by atoms with Gasteiger partial charge in [-0.05, 0) is 32.0 Å². The molecule has 0 unspecified atom stereocenters. The monoisotopic (exact) mass is 312 g/mol. The van der Waals surface area contributed by atoms with Crippen molar-refractivity contribution in [2.75, 3.05) is 0 Å². The van der Waals surface area contributed by atoms with Crippen molar-refractivity contribution in [1.82, 2.24) is 14.8 Å². The Kier molecular flexibility index (Phi) is 3.28. The lowest BCUT2D eigenvalue weighted by atomic mass is 9.98. The summed E-state index contributed by atoms with van der Waals surface area (Å²) in [6.07, 6.45) is 5.62. The number of terminal acetylenes is 1. The number of nitrogens with zero attached hydrogens (tertiary/aromatic N) is 4. The summed E-state index contributed by atoms with van der Waals surface area (Å²) in [4.78, 5) is 4.94. The molecule has 0 amide bonds. The van der Waals surface area contributed by atoms with Crippen LogP contribution >= 0.6 is 0 Å². The van der Waals surface area contributed by atoms with Gasteiger partial charge in [0.25, 0.3) is 0 Å². The number of hydrogen-bond donors (Lipinski definition) is 0. The summed E-state index contributed by atoms with van der Waals surface area (Å²) in [5.41, 5.74) is 4.85. The molecule has 1 aliphatic rings. The van der Waals surface area contributed by atoms with E-state index in [1.54, 1.807) is 0 Å². The first kappa shape index (κ1) is 14.4. The van der Waals surface area contributed by atoms with Gasteiger partial charge in [-0.3, -0.25) is 9.56 Å². The molecular weight excluding hydrogens is 296 g/mol. The Labute approximate surface area is 140 Å². The van der Waals surface area contributed by atoms with Crippen LogP contribution in [0.4, 0.5) is 0 Å². The van der Waals surface area contributed by atoms with E-state index in [2.05, 4.69) is 32.8 Å². The highest BCUT2D eigenvalue weighted by Gasteiger charge is 2.25. The third kappa shape index (κ3) is 2.14. The molecular formula is C20H16N4. The fourth-order valence-corrected chi connectivity index (χ4v) is 3.10. The molecule has 0 radical (unpaired) electrons. The molecule has 4 nitrogen and oxygen atoms in total. The Balaban J connectivity index is 2.06. The van der Waals surface area contributed by atoms with Crippen LogP contribution in [0.2, 0.25) is 0 Å². The fraction of sp³-hybridized carbons (Fsp3) is 0.150. The summed E-state index contributed by atoms with van der Waals surface area (Å²) >= 11 is 0. The van der Waals surface area contributed by atoms with Crippen LogP contribution in [0.3, 0.4) is 0 Å². The van der Waals surface area contributed by atoms with E-state index in [1.807, 2.05) is 50.2 Å². The minimum Gasteiger partial charge on any atom is -0.281 e. The number of benzene rings is 2. The highest BCUT2D eigenvalue weighted by molar-refractivity contribution is 6.15. The maximum Gasteiger partial charge on any atom is 0.162 e. The number of rotatable bonds is 1. The van der Waals surface area contributed by atoms with Crippen molar-refractivity contribution in [2.24, 2.45) is 4.99 Å². The molecule has 0 fully saturated rings. The second-order valence-corrected chi connectivity index (χ2v) is 5.84. The van der Waals surface area contributed by atoms with Gasteiger partial charge in [0.05, 0.1) is 11.4 Å². The van der Waals surface area contributed by atoms with Gasteiger partial charge in [-0.2, -0.15) is 0 Å². The van der Waals surface area contributed by atoms with E-state index in [1.165, 1.54) is 0 Å². The number of aliphatic imine (C=N–C) groups is 1. The van der Waals surface area contributed by atoms with E-state index >= 15 is 0 Å². The zero-order chi connectivity index (χ0) is 16.7. The largest absolute Gasteiger partial charge is 0.281 e. The minimum atomic E-state index is -0.0944. The van der Waals surface area contributed by atoms with Crippen LogP contribution < -0.4 is 0 Å². The second-order valence-electron chi connectivity index (χ2n) is 5.84. The number of aromatic nitrogens is 3. The highest BCUT2D eigenvalue weighted by atomic mass is 15.3. The molecule has 2 heterocycles. The van der Waals surface area contributed by atoms with Crippen molar-refractivity contribution in [3.05, 3.63) is 76.9 Å². The van der Waals surface area contributed by atoms with Crippen molar-refractivity contribution in [1.29, 1.82) is 0 Å². The van der Waals surface area contributed by atoms with E-state index in [9.17, 15) is 0 Å². The van der Waals surface area contributed by atoms with Gasteiger partial charge in [0.2, 0.25) is 0 Å². The van der Waals surface area contributed by atoms with E-state index < -0.39 is 0 Å². The molecule has 0 saturated heterocycles. The lowest BCUT2D eigenvalue weighted by molar-refractivity contribution is 0.721. The molecule has 0 bridgehead atoms. The van der Waals surface area contributed by atoms with Gasteiger partial charge in [0.1, 0.15) is 11.9 Å². The maximum absolute atomic E-state index is 5.62. The lowest BCUT2D eigenvalue weighted by Crippen LogP contribution is -2.08. The average molecular weight is 312 g/mol. The van der Waals surface area contributed by atoms with Gasteiger partial charge in [0.15, 0.2) is 5.82 Å². The molecule has 0 N–H and O–H groups in total. The Hall–Kier alpha value is -3.19. The van der Waals surface area contributed by atoms with Crippen molar-refractivity contribution >= 4 is 5.71 Å². The Morgan fingerprint density at radius 3 is 2.62 bits per heavy atom. The minimum absolute atomic E-state index is 0.0944. The van der Waals surface area contributed by atoms with Crippen LogP contribution in [0.5, 0.6) is 0 Å². The molecule has 3 aromatic rings. The summed E-state index contributed by atoms with van der Waals surface area (Å²) in [5.74, 6) is 4.40. The third-order valence-electron chi connectivity index (χ3n) is 4.25. The first-order chi connectivity index (χ1) is 11.7. The molecule has 1 aliphatic heterocycles. The first-order valence-electron chi connectivity index (χ1n) is 7.85. The number of aryl methyl sites for hydroxylation is 1. The van der Waals surface area contributed by atoms with Crippen LogP contribution in [0.15, 0.2) is 53.5 Å². The molecule has 2 aromatic carbocycles. The van der Waals surface area contributed by atoms with Crippen molar-refractivity contribution < 1.29 is 0 Å². The van der Waals surface area contributed by atoms with Gasteiger partial charge < -0.3 is 0 Å². The van der Waals surface area contributed by atoms with Crippen LogP contribution in [0.25, 0.3) is 5.69 Å². The van der Waals surface area contributed by atoms with Gasteiger partial charge in [-0.1, -0.05) is 36.3 Å². The molecule has 24 heavy (non-hydrogen) atoms. The summed E-state index contributed by atoms with van der Waals surface area (Å²) in [6.45, 7) is 3.99. The molecule has 4 rings (SSSR count). The van der Waals surface area contributed by atoms with Gasteiger partial charge in [0, 0.05) is 16.7 Å². The van der Waals surface area contributed by atoms with Crippen LogP contribution in [0.1, 0.15) is 41.3 Å². The van der Waals surface area contributed by atoms with Crippen molar-refractivity contribution in [2.45, 2.75) is 19.9 Å². The Morgan fingerprint density at radius 2 is 1.88 bits per heavy atom. The smallest absolute Gasteiger partial charge is 0.162 e. The van der Waals surface area contributed by atoms with E-state index in [4.69, 9.17) is 11.4 Å². The summed E-state index contributed by atoms with van der Waals surface area (Å²) in [5, 5.41) is 8.57. The molecule has 0 aliphatic carbocycles. The standard InChI is InChI=1S/C20H16N4/c1-4-15-10-11-18-17(12-15)19(16-8-6-5-7-9-16)21-13(2)20-23-22-14(3)24(18)20/h1,5-13H,2-3H3/t13-/m0/s1. The van der Waals surface area contributed by atoms with Crippen LogP contribution in [0, 0.1) is 19.3 Å². The molecule has 1 aromatic heterocycles. The van der Waals surface area contributed by atoms with Crippen LogP contribution in [-0.2, 0) is 0 Å². The molecule has 0 saturated carbocycles. The number of fused-ring (bicyclic) bond motifs is 3. The quantitative estimate of drug-likeness (QED) is 0.646. The Morgan fingerprint density at radius 1 is 1.08 bits per heavy atom. The van der Waals surface area contributed by atoms with Crippen LogP contribution in [-0.4, -0.2) is 20.5 Å². The SMILES string of the molecule is C#Cc1ccc2c(c1)C(c1ccccc1)=N[C@@H](C)c1nnc(C)n1-2. The topological polar surface area (TPSA) is 43.1 Å². The zero-order valence-electron chi connectivity index (χ0n) is 13.6. The predicted octanol–water partition coefficient (Wildman–Crippen LogP) is 3.47. The summed E-state index contributed by atoms with van der Waals surface area (Å²) in [6, 6.07) is 16.1.